The van der Waals surface area contributed by atoms with Crippen molar-refractivity contribution in [2.45, 2.75) is 12.5 Å². The van der Waals surface area contributed by atoms with Gasteiger partial charge in [-0.3, -0.25) is 9.59 Å². The van der Waals surface area contributed by atoms with Crippen molar-refractivity contribution in [3.63, 3.8) is 0 Å². The van der Waals surface area contributed by atoms with Crippen LogP contribution < -0.4 is 14.5 Å². The Kier molecular flexibility index (Phi) is 4.17. The second kappa shape index (κ2) is 6.07. The van der Waals surface area contributed by atoms with Crippen molar-refractivity contribution < 1.29 is 19.2 Å². The molecule has 0 radical (unpaired) electrons. The molecule has 1 atom stereocenters. The summed E-state index contributed by atoms with van der Waals surface area (Å²) in [5.74, 6) is 2.69. The molecule has 6 heteroatoms. The van der Waals surface area contributed by atoms with Gasteiger partial charge in [0.2, 0.25) is 5.91 Å². The first-order valence-electron chi connectivity index (χ1n) is 7.14. The maximum atomic E-state index is 12.6. The summed E-state index contributed by atoms with van der Waals surface area (Å²) in [7, 11) is 1.59. The zero-order valence-corrected chi connectivity index (χ0v) is 12.8. The minimum Gasteiger partial charge on any atom is -0.497 e. The van der Waals surface area contributed by atoms with E-state index in [0.29, 0.717) is 17.9 Å². The van der Waals surface area contributed by atoms with Crippen molar-refractivity contribution in [3.05, 3.63) is 24.3 Å². The van der Waals surface area contributed by atoms with Crippen molar-refractivity contribution in [1.29, 1.82) is 0 Å². The van der Waals surface area contributed by atoms with E-state index in [1.165, 1.54) is 9.80 Å². The number of rotatable bonds is 3. The summed E-state index contributed by atoms with van der Waals surface area (Å²) in [6.07, 6.45) is 0.324. The normalized spacial score (nSPS) is 23.7. The monoisotopic (exact) mass is 307 g/mol. The molecule has 2 aliphatic heterocycles. The highest BCUT2D eigenvalue weighted by atomic mass is 32.2. The first-order valence-corrected chi connectivity index (χ1v) is 8.29. The summed E-state index contributed by atoms with van der Waals surface area (Å²) < 4.78 is 5.11. The van der Waals surface area contributed by atoms with Gasteiger partial charge in [0.1, 0.15) is 5.75 Å². The Morgan fingerprint density at radius 1 is 1.19 bits per heavy atom. The molecule has 0 unspecified atom stereocenters. The SMILES string of the molecule is COc1ccc(N2C(=O)C[C@@H]([NH+]3CCSCC3)C2=O)cc1. The van der Waals surface area contributed by atoms with Crippen LogP contribution >= 0.6 is 11.8 Å². The third-order valence-electron chi connectivity index (χ3n) is 4.11. The van der Waals surface area contributed by atoms with E-state index in [9.17, 15) is 9.59 Å². The Morgan fingerprint density at radius 2 is 1.86 bits per heavy atom. The Labute approximate surface area is 128 Å². The lowest BCUT2D eigenvalue weighted by Crippen LogP contribution is -3.18. The molecule has 0 bridgehead atoms. The Balaban J connectivity index is 1.79. The first kappa shape index (κ1) is 14.4. The third-order valence-corrected chi connectivity index (χ3v) is 5.09. The fourth-order valence-corrected chi connectivity index (χ4v) is 3.95. The lowest BCUT2D eigenvalue weighted by Gasteiger charge is -2.27. The molecule has 112 valence electrons. The van der Waals surface area contributed by atoms with Crippen LogP contribution in [0, 0.1) is 0 Å². The highest BCUT2D eigenvalue weighted by Crippen LogP contribution is 2.24. The van der Waals surface area contributed by atoms with Gasteiger partial charge in [0, 0.05) is 11.5 Å². The van der Waals surface area contributed by atoms with Gasteiger partial charge in [-0.05, 0) is 24.3 Å². The van der Waals surface area contributed by atoms with E-state index in [2.05, 4.69) is 0 Å². The molecule has 2 fully saturated rings. The minimum absolute atomic E-state index is 0.0629. The van der Waals surface area contributed by atoms with E-state index in [1.54, 1.807) is 31.4 Å². The van der Waals surface area contributed by atoms with Gasteiger partial charge in [-0.2, -0.15) is 11.8 Å². The number of hydrogen-bond acceptors (Lipinski definition) is 4. The summed E-state index contributed by atoms with van der Waals surface area (Å²) in [4.78, 5) is 27.4. The van der Waals surface area contributed by atoms with Crippen molar-refractivity contribution in [3.8, 4) is 5.75 Å². The highest BCUT2D eigenvalue weighted by Gasteiger charge is 2.45. The summed E-state index contributed by atoms with van der Waals surface area (Å²) in [5.41, 5.74) is 0.638. The van der Waals surface area contributed by atoms with Gasteiger partial charge in [-0.25, -0.2) is 4.90 Å². The van der Waals surface area contributed by atoms with Crippen LogP contribution in [0.3, 0.4) is 0 Å². The molecule has 2 heterocycles. The maximum absolute atomic E-state index is 12.6. The van der Waals surface area contributed by atoms with E-state index in [4.69, 9.17) is 4.74 Å². The average molecular weight is 307 g/mol. The van der Waals surface area contributed by atoms with Crippen molar-refractivity contribution in [2.24, 2.45) is 0 Å². The van der Waals surface area contributed by atoms with E-state index < -0.39 is 0 Å². The molecule has 0 saturated carbocycles. The number of nitrogens with zero attached hydrogens (tertiary/aromatic N) is 1. The molecule has 2 amide bonds. The number of carbonyl (C=O) groups is 2. The van der Waals surface area contributed by atoms with Crippen LogP contribution in [0.5, 0.6) is 5.75 Å². The Hall–Kier alpha value is -1.53. The molecule has 2 aliphatic rings. The minimum atomic E-state index is -0.208. The van der Waals surface area contributed by atoms with E-state index in [-0.39, 0.29) is 17.9 Å². The second-order valence-corrected chi connectivity index (χ2v) is 6.52. The zero-order chi connectivity index (χ0) is 14.8. The van der Waals surface area contributed by atoms with Crippen molar-refractivity contribution in [2.75, 3.05) is 36.6 Å². The lowest BCUT2D eigenvalue weighted by molar-refractivity contribution is -0.911. The van der Waals surface area contributed by atoms with Gasteiger partial charge in [0.15, 0.2) is 6.04 Å². The number of nitrogens with one attached hydrogen (secondary N) is 1. The summed E-state index contributed by atoms with van der Waals surface area (Å²) in [5, 5.41) is 0. The predicted octanol–water partition coefficient (Wildman–Crippen LogP) is -0.0412. The van der Waals surface area contributed by atoms with Crippen LogP contribution in [0.1, 0.15) is 6.42 Å². The maximum Gasteiger partial charge on any atom is 0.292 e. The molecule has 0 aliphatic carbocycles. The summed E-state index contributed by atoms with van der Waals surface area (Å²) >= 11 is 1.92. The van der Waals surface area contributed by atoms with E-state index >= 15 is 0 Å². The molecule has 1 aromatic carbocycles. The van der Waals surface area contributed by atoms with Crippen LogP contribution in [0.15, 0.2) is 24.3 Å². The van der Waals surface area contributed by atoms with Gasteiger partial charge in [0.05, 0.1) is 32.3 Å². The van der Waals surface area contributed by atoms with Gasteiger partial charge in [-0.15, -0.1) is 0 Å². The first-order chi connectivity index (χ1) is 10.2. The van der Waals surface area contributed by atoms with Crippen LogP contribution in [0.4, 0.5) is 5.69 Å². The number of quaternary nitrogens is 1. The molecule has 5 nitrogen and oxygen atoms in total. The topological polar surface area (TPSA) is 51.0 Å². The number of ether oxygens (including phenoxy) is 1. The van der Waals surface area contributed by atoms with E-state index in [1.807, 2.05) is 11.8 Å². The molecular weight excluding hydrogens is 288 g/mol. The number of thioether (sulfide) groups is 1. The number of carbonyl (C=O) groups excluding carboxylic acids is 2. The number of hydrogen-bond donors (Lipinski definition) is 1. The van der Waals surface area contributed by atoms with Crippen LogP contribution in [0.2, 0.25) is 0 Å². The van der Waals surface area contributed by atoms with E-state index in [0.717, 1.165) is 24.6 Å². The summed E-state index contributed by atoms with van der Waals surface area (Å²) in [6.45, 7) is 1.93. The summed E-state index contributed by atoms with van der Waals surface area (Å²) in [6, 6.07) is 6.86. The van der Waals surface area contributed by atoms with Gasteiger partial charge in [0.25, 0.3) is 5.91 Å². The molecule has 3 rings (SSSR count). The highest BCUT2D eigenvalue weighted by molar-refractivity contribution is 7.99. The number of benzene rings is 1. The molecule has 21 heavy (non-hydrogen) atoms. The lowest BCUT2D eigenvalue weighted by atomic mass is 10.2. The number of methoxy groups -OCH3 is 1. The zero-order valence-electron chi connectivity index (χ0n) is 12.0. The fourth-order valence-electron chi connectivity index (χ4n) is 2.94. The van der Waals surface area contributed by atoms with Crippen LogP contribution in [-0.4, -0.2) is 49.6 Å². The van der Waals surface area contributed by atoms with Crippen molar-refractivity contribution in [1.82, 2.24) is 0 Å². The van der Waals surface area contributed by atoms with Gasteiger partial charge < -0.3 is 9.64 Å². The number of anilines is 1. The van der Waals surface area contributed by atoms with Crippen molar-refractivity contribution >= 4 is 29.3 Å². The fraction of sp³-hybridized carbons (Fsp3) is 0.467. The molecule has 1 N–H and O–H groups in total. The molecule has 2 saturated heterocycles. The van der Waals surface area contributed by atoms with Gasteiger partial charge >= 0.3 is 0 Å². The standard InChI is InChI=1S/C15H18N2O3S/c1-20-12-4-2-11(3-5-12)17-14(18)10-13(15(17)19)16-6-8-21-9-7-16/h2-5,13H,6-10H2,1H3/p+1/t13-/m1/s1. The smallest absolute Gasteiger partial charge is 0.292 e. The molecule has 0 aromatic heterocycles. The number of amides is 2. The van der Waals surface area contributed by atoms with Crippen LogP contribution in [0.25, 0.3) is 0 Å². The quantitative estimate of drug-likeness (QED) is 0.796. The Bertz CT molecular complexity index is 540. The number of imide groups is 1. The largest absolute Gasteiger partial charge is 0.497 e. The Morgan fingerprint density at radius 3 is 2.48 bits per heavy atom. The average Bonchev–Trinajstić information content (AvgIpc) is 2.83. The van der Waals surface area contributed by atoms with Gasteiger partial charge in [-0.1, -0.05) is 0 Å². The third kappa shape index (κ3) is 2.78. The molecule has 0 spiro atoms. The second-order valence-electron chi connectivity index (χ2n) is 5.29. The molecule has 1 aromatic rings. The molecular formula is C15H19N2O3S+. The van der Waals surface area contributed by atoms with Crippen LogP contribution in [-0.2, 0) is 9.59 Å². The predicted molar refractivity (Wildman–Crippen MR) is 81.9 cm³/mol.